The van der Waals surface area contributed by atoms with E-state index in [4.69, 9.17) is 0 Å². The zero-order valence-electron chi connectivity index (χ0n) is 14.8. The smallest absolute Gasteiger partial charge is 0.237 e. The minimum absolute atomic E-state index is 0.0272. The number of amides is 2. The summed E-state index contributed by atoms with van der Waals surface area (Å²) in [4.78, 5) is 26.4. The lowest BCUT2D eigenvalue weighted by Crippen LogP contribution is -2.56. The van der Waals surface area contributed by atoms with Gasteiger partial charge in [0.1, 0.15) is 0 Å². The van der Waals surface area contributed by atoms with Gasteiger partial charge in [-0.1, -0.05) is 44.2 Å². The van der Waals surface area contributed by atoms with E-state index < -0.39 is 0 Å². The molecule has 2 rings (SSSR count). The van der Waals surface area contributed by atoms with Gasteiger partial charge in [-0.15, -0.1) is 0 Å². The van der Waals surface area contributed by atoms with Crippen LogP contribution in [0.1, 0.15) is 32.3 Å². The van der Waals surface area contributed by atoms with Crippen LogP contribution >= 0.6 is 0 Å². The van der Waals surface area contributed by atoms with Gasteiger partial charge in [-0.3, -0.25) is 14.5 Å². The molecule has 1 fully saturated rings. The first kappa shape index (κ1) is 18.5. The monoisotopic (exact) mass is 331 g/mol. The number of nitrogens with zero attached hydrogens (tertiary/aromatic N) is 1. The van der Waals surface area contributed by atoms with Crippen molar-refractivity contribution in [2.45, 2.75) is 39.2 Å². The Morgan fingerprint density at radius 2 is 2.08 bits per heavy atom. The largest absolute Gasteiger partial charge is 0.356 e. The van der Waals surface area contributed by atoms with Crippen LogP contribution in [0.15, 0.2) is 30.3 Å². The molecule has 0 radical (unpaired) electrons. The van der Waals surface area contributed by atoms with Crippen molar-refractivity contribution in [2.75, 3.05) is 26.2 Å². The van der Waals surface area contributed by atoms with E-state index in [0.717, 1.165) is 25.9 Å². The highest BCUT2D eigenvalue weighted by Gasteiger charge is 2.31. The number of hydrogen-bond donors (Lipinski definition) is 2. The van der Waals surface area contributed by atoms with Gasteiger partial charge in [-0.25, -0.2) is 0 Å². The standard InChI is InChI=1S/C19H29N3O2/c1-15(2)14-21-18(23)13-17-19(24)20-10-12-22(17)11-6-9-16-7-4-3-5-8-16/h3-5,7-8,15,17H,6,9-14H2,1-2H3,(H,20,24)(H,21,23)/t17-/m1/s1. The van der Waals surface area contributed by atoms with E-state index in [1.54, 1.807) is 0 Å². The number of carbonyl (C=O) groups excluding carboxylic acids is 2. The summed E-state index contributed by atoms with van der Waals surface area (Å²) in [6, 6.07) is 10.0. The summed E-state index contributed by atoms with van der Waals surface area (Å²) < 4.78 is 0. The third-order valence-electron chi connectivity index (χ3n) is 4.28. The molecule has 0 bridgehead atoms. The van der Waals surface area contributed by atoms with Gasteiger partial charge in [-0.05, 0) is 30.9 Å². The summed E-state index contributed by atoms with van der Waals surface area (Å²) >= 11 is 0. The van der Waals surface area contributed by atoms with Crippen molar-refractivity contribution in [1.82, 2.24) is 15.5 Å². The third-order valence-corrected chi connectivity index (χ3v) is 4.28. The van der Waals surface area contributed by atoms with E-state index in [-0.39, 0.29) is 24.3 Å². The Bertz CT molecular complexity index is 531. The van der Waals surface area contributed by atoms with Gasteiger partial charge >= 0.3 is 0 Å². The van der Waals surface area contributed by atoms with Crippen molar-refractivity contribution >= 4 is 11.8 Å². The number of piperazine rings is 1. The highest BCUT2D eigenvalue weighted by molar-refractivity contribution is 5.88. The molecule has 1 atom stereocenters. The number of hydrogen-bond acceptors (Lipinski definition) is 3. The molecule has 1 aliphatic heterocycles. The Morgan fingerprint density at radius 1 is 1.33 bits per heavy atom. The van der Waals surface area contributed by atoms with E-state index in [0.29, 0.717) is 19.0 Å². The molecule has 0 unspecified atom stereocenters. The van der Waals surface area contributed by atoms with Gasteiger partial charge in [0.05, 0.1) is 12.5 Å². The SMILES string of the molecule is CC(C)CNC(=O)C[C@@H]1C(=O)NCCN1CCCc1ccccc1. The van der Waals surface area contributed by atoms with Crippen LogP contribution in [0.2, 0.25) is 0 Å². The van der Waals surface area contributed by atoms with Crippen LogP contribution in [0.25, 0.3) is 0 Å². The van der Waals surface area contributed by atoms with Gasteiger partial charge in [0.2, 0.25) is 11.8 Å². The van der Waals surface area contributed by atoms with Crippen LogP contribution in [0.5, 0.6) is 0 Å². The predicted molar refractivity (Wildman–Crippen MR) is 95.6 cm³/mol. The van der Waals surface area contributed by atoms with E-state index in [1.165, 1.54) is 5.56 Å². The Morgan fingerprint density at radius 3 is 2.79 bits per heavy atom. The molecular weight excluding hydrogens is 302 g/mol. The second-order valence-corrected chi connectivity index (χ2v) is 6.83. The van der Waals surface area contributed by atoms with Gasteiger partial charge in [-0.2, -0.15) is 0 Å². The summed E-state index contributed by atoms with van der Waals surface area (Å²) in [5, 5.41) is 5.79. The molecule has 1 aromatic carbocycles. The number of benzene rings is 1. The zero-order valence-corrected chi connectivity index (χ0v) is 14.8. The molecule has 132 valence electrons. The molecule has 0 spiro atoms. The quantitative estimate of drug-likeness (QED) is 0.760. The first-order chi connectivity index (χ1) is 11.6. The van der Waals surface area contributed by atoms with Gasteiger partial charge < -0.3 is 10.6 Å². The molecule has 24 heavy (non-hydrogen) atoms. The molecule has 1 aromatic rings. The molecule has 2 N–H and O–H groups in total. The van der Waals surface area contributed by atoms with Crippen LogP contribution in [-0.2, 0) is 16.0 Å². The topological polar surface area (TPSA) is 61.4 Å². The summed E-state index contributed by atoms with van der Waals surface area (Å²) in [5.74, 6) is 0.343. The molecule has 0 aliphatic carbocycles. The first-order valence-electron chi connectivity index (χ1n) is 8.88. The van der Waals surface area contributed by atoms with Gasteiger partial charge in [0.15, 0.2) is 0 Å². The van der Waals surface area contributed by atoms with E-state index >= 15 is 0 Å². The lowest BCUT2D eigenvalue weighted by molar-refractivity contribution is -0.134. The van der Waals surface area contributed by atoms with E-state index in [2.05, 4.69) is 41.5 Å². The number of aryl methyl sites for hydroxylation is 1. The first-order valence-corrected chi connectivity index (χ1v) is 8.88. The summed E-state index contributed by atoms with van der Waals surface area (Å²) in [6.45, 7) is 7.08. The molecule has 0 saturated carbocycles. The normalized spacial score (nSPS) is 18.5. The fourth-order valence-corrected chi connectivity index (χ4v) is 2.95. The lowest BCUT2D eigenvalue weighted by Gasteiger charge is -2.34. The Balaban J connectivity index is 1.83. The second kappa shape index (κ2) is 9.42. The molecule has 1 heterocycles. The van der Waals surface area contributed by atoms with Crippen molar-refractivity contribution in [3.63, 3.8) is 0 Å². The van der Waals surface area contributed by atoms with E-state index in [1.807, 2.05) is 18.2 Å². The van der Waals surface area contributed by atoms with Crippen LogP contribution in [-0.4, -0.2) is 48.9 Å². The summed E-state index contributed by atoms with van der Waals surface area (Å²) in [5.41, 5.74) is 1.31. The fraction of sp³-hybridized carbons (Fsp3) is 0.579. The highest BCUT2D eigenvalue weighted by atomic mass is 16.2. The number of nitrogens with one attached hydrogen (secondary N) is 2. The Kier molecular flexibility index (Phi) is 7.25. The molecule has 2 amide bonds. The molecular formula is C19H29N3O2. The zero-order chi connectivity index (χ0) is 17.4. The van der Waals surface area contributed by atoms with E-state index in [9.17, 15) is 9.59 Å². The average molecular weight is 331 g/mol. The molecule has 1 aliphatic rings. The van der Waals surface area contributed by atoms with Crippen molar-refractivity contribution < 1.29 is 9.59 Å². The maximum absolute atomic E-state index is 12.2. The van der Waals surface area contributed by atoms with Crippen molar-refractivity contribution in [3.05, 3.63) is 35.9 Å². The molecule has 5 nitrogen and oxygen atoms in total. The van der Waals surface area contributed by atoms with Crippen LogP contribution in [0.4, 0.5) is 0 Å². The average Bonchev–Trinajstić information content (AvgIpc) is 2.57. The minimum Gasteiger partial charge on any atom is -0.356 e. The molecule has 1 saturated heterocycles. The molecule has 5 heteroatoms. The second-order valence-electron chi connectivity index (χ2n) is 6.83. The Hall–Kier alpha value is -1.88. The van der Waals surface area contributed by atoms with Crippen LogP contribution in [0.3, 0.4) is 0 Å². The highest BCUT2D eigenvalue weighted by Crippen LogP contribution is 2.11. The minimum atomic E-state index is -0.346. The van der Waals surface area contributed by atoms with Crippen molar-refractivity contribution in [3.8, 4) is 0 Å². The number of carbonyl (C=O) groups is 2. The fourth-order valence-electron chi connectivity index (χ4n) is 2.95. The van der Waals surface area contributed by atoms with Gasteiger partial charge in [0.25, 0.3) is 0 Å². The lowest BCUT2D eigenvalue weighted by atomic mass is 10.1. The third kappa shape index (κ3) is 5.96. The predicted octanol–water partition coefficient (Wildman–Crippen LogP) is 1.58. The maximum atomic E-state index is 12.2. The maximum Gasteiger partial charge on any atom is 0.237 e. The Labute approximate surface area is 144 Å². The summed E-state index contributed by atoms with van der Waals surface area (Å²) in [7, 11) is 0. The van der Waals surface area contributed by atoms with Crippen molar-refractivity contribution in [2.24, 2.45) is 5.92 Å². The van der Waals surface area contributed by atoms with Crippen molar-refractivity contribution in [1.29, 1.82) is 0 Å². The van der Waals surface area contributed by atoms with Crippen LogP contribution < -0.4 is 10.6 Å². The van der Waals surface area contributed by atoms with Crippen LogP contribution in [0, 0.1) is 5.92 Å². The summed E-state index contributed by atoms with van der Waals surface area (Å²) in [6.07, 6.45) is 2.22. The number of rotatable bonds is 8. The molecule has 0 aromatic heterocycles. The van der Waals surface area contributed by atoms with Gasteiger partial charge in [0, 0.05) is 19.6 Å².